The van der Waals surface area contributed by atoms with Crippen molar-refractivity contribution in [2.75, 3.05) is 18.8 Å². The van der Waals surface area contributed by atoms with Gasteiger partial charge in [-0.1, -0.05) is 18.2 Å². The van der Waals surface area contributed by atoms with Crippen LogP contribution < -0.4 is 5.73 Å². The number of hydrogen-bond donors (Lipinski definition) is 1. The predicted octanol–water partition coefficient (Wildman–Crippen LogP) is 4.16. The van der Waals surface area contributed by atoms with Crippen LogP contribution >= 0.6 is 23.7 Å². The highest BCUT2D eigenvalue weighted by molar-refractivity contribution is 7.15. The van der Waals surface area contributed by atoms with Gasteiger partial charge in [0, 0.05) is 24.2 Å². The van der Waals surface area contributed by atoms with Crippen LogP contribution in [0.2, 0.25) is 0 Å². The Bertz CT molecular complexity index is 659. The Balaban J connectivity index is 0.00000192. The molecule has 1 saturated heterocycles. The first kappa shape index (κ1) is 18.0. The molecule has 1 aromatic heterocycles. The summed E-state index contributed by atoms with van der Waals surface area (Å²) < 4.78 is 38.4. The molecule has 0 spiro atoms. The van der Waals surface area contributed by atoms with Crippen LogP contribution in [0.5, 0.6) is 0 Å². The Kier molecular flexibility index (Phi) is 5.54. The molecule has 1 fully saturated rings. The number of anilines is 1. The predicted molar refractivity (Wildman–Crippen MR) is 87.9 cm³/mol. The monoisotopic (exact) mass is 363 g/mol. The summed E-state index contributed by atoms with van der Waals surface area (Å²) >= 11 is 1.45. The van der Waals surface area contributed by atoms with Gasteiger partial charge in [-0.15, -0.1) is 23.7 Å². The Morgan fingerprint density at radius 1 is 1.35 bits per heavy atom. The minimum atomic E-state index is -4.28. The van der Waals surface area contributed by atoms with Crippen molar-refractivity contribution in [3.8, 4) is 0 Å². The number of aromatic nitrogens is 1. The zero-order chi connectivity index (χ0) is 15.7. The molecule has 1 aliphatic heterocycles. The van der Waals surface area contributed by atoms with Crippen LogP contribution in [0.25, 0.3) is 0 Å². The average molecular weight is 364 g/mol. The van der Waals surface area contributed by atoms with Gasteiger partial charge in [-0.3, -0.25) is 4.90 Å². The second kappa shape index (κ2) is 7.07. The van der Waals surface area contributed by atoms with Gasteiger partial charge in [0.05, 0.1) is 5.56 Å². The van der Waals surface area contributed by atoms with E-state index in [0.717, 1.165) is 42.6 Å². The fraction of sp³-hybridized carbons (Fsp3) is 0.400. The highest BCUT2D eigenvalue weighted by atomic mass is 35.5. The number of alkyl halides is 3. The molecule has 2 aromatic rings. The molecule has 1 atom stereocenters. The first-order chi connectivity index (χ1) is 10.4. The molecule has 0 amide bonds. The van der Waals surface area contributed by atoms with E-state index in [1.807, 2.05) is 0 Å². The molecule has 0 saturated carbocycles. The number of nitrogen functional groups attached to an aromatic ring is 1. The van der Waals surface area contributed by atoms with Gasteiger partial charge >= 0.3 is 6.18 Å². The molecule has 23 heavy (non-hydrogen) atoms. The summed E-state index contributed by atoms with van der Waals surface area (Å²) in [7, 11) is 0. The Morgan fingerprint density at radius 2 is 2.13 bits per heavy atom. The zero-order valence-corrected chi connectivity index (χ0v) is 13.8. The molecule has 1 aliphatic rings. The lowest BCUT2D eigenvalue weighted by Crippen LogP contribution is -2.19. The fourth-order valence-electron chi connectivity index (χ4n) is 2.83. The lowest BCUT2D eigenvalue weighted by atomic mass is 9.96. The minimum Gasteiger partial charge on any atom is -0.375 e. The third-order valence-electron chi connectivity index (χ3n) is 3.91. The third kappa shape index (κ3) is 4.37. The summed E-state index contributed by atoms with van der Waals surface area (Å²) in [5.41, 5.74) is 5.81. The van der Waals surface area contributed by atoms with E-state index in [-0.39, 0.29) is 18.3 Å². The molecule has 2 heterocycles. The van der Waals surface area contributed by atoms with Crippen molar-refractivity contribution in [3.05, 3.63) is 46.5 Å². The molecule has 3 nitrogen and oxygen atoms in total. The molecule has 126 valence electrons. The second-order valence-corrected chi connectivity index (χ2v) is 6.66. The summed E-state index contributed by atoms with van der Waals surface area (Å²) in [6.07, 6.45) is -1.65. The van der Waals surface area contributed by atoms with E-state index in [0.29, 0.717) is 5.13 Å². The van der Waals surface area contributed by atoms with Gasteiger partial charge < -0.3 is 5.73 Å². The van der Waals surface area contributed by atoms with E-state index in [2.05, 4.69) is 9.88 Å². The van der Waals surface area contributed by atoms with Gasteiger partial charge in [-0.25, -0.2) is 4.98 Å². The van der Waals surface area contributed by atoms with Crippen LogP contribution in [-0.4, -0.2) is 23.0 Å². The van der Waals surface area contributed by atoms with Gasteiger partial charge in [0.1, 0.15) is 0 Å². The van der Waals surface area contributed by atoms with E-state index in [1.54, 1.807) is 12.3 Å². The summed E-state index contributed by atoms with van der Waals surface area (Å²) in [6.45, 7) is 2.39. The van der Waals surface area contributed by atoms with Crippen molar-refractivity contribution < 1.29 is 13.2 Å². The second-order valence-electron chi connectivity index (χ2n) is 5.51. The largest absolute Gasteiger partial charge is 0.416 e. The van der Waals surface area contributed by atoms with E-state index in [1.165, 1.54) is 23.5 Å². The molecule has 1 unspecified atom stereocenters. The summed E-state index contributed by atoms with van der Waals surface area (Å²) in [6, 6.07) is 5.67. The SMILES string of the molecule is Cl.Nc1ncc(CN2CCC(c3cccc(C(F)(F)F)c3)C2)s1. The lowest BCUT2D eigenvalue weighted by Gasteiger charge is -2.16. The number of hydrogen-bond acceptors (Lipinski definition) is 4. The molecular formula is C15H17ClF3N3S. The van der Waals surface area contributed by atoms with E-state index < -0.39 is 11.7 Å². The van der Waals surface area contributed by atoms with Crippen LogP contribution in [0.4, 0.5) is 18.3 Å². The maximum Gasteiger partial charge on any atom is 0.416 e. The zero-order valence-electron chi connectivity index (χ0n) is 12.2. The summed E-state index contributed by atoms with van der Waals surface area (Å²) in [5.74, 6) is 0.146. The number of rotatable bonds is 3. The summed E-state index contributed by atoms with van der Waals surface area (Å²) in [5, 5.41) is 0.545. The van der Waals surface area contributed by atoms with E-state index >= 15 is 0 Å². The lowest BCUT2D eigenvalue weighted by molar-refractivity contribution is -0.137. The van der Waals surface area contributed by atoms with Gasteiger partial charge in [0.25, 0.3) is 0 Å². The molecule has 0 bridgehead atoms. The van der Waals surface area contributed by atoms with Crippen LogP contribution in [0.15, 0.2) is 30.5 Å². The molecule has 8 heteroatoms. The fourth-order valence-corrected chi connectivity index (χ4v) is 3.56. The highest BCUT2D eigenvalue weighted by Crippen LogP contribution is 2.34. The normalized spacial score (nSPS) is 18.8. The van der Waals surface area contributed by atoms with E-state index in [9.17, 15) is 13.2 Å². The van der Waals surface area contributed by atoms with Gasteiger partial charge in [0.15, 0.2) is 5.13 Å². The van der Waals surface area contributed by atoms with Crippen LogP contribution in [0, 0.1) is 0 Å². The van der Waals surface area contributed by atoms with Gasteiger partial charge in [-0.05, 0) is 30.5 Å². The van der Waals surface area contributed by atoms with E-state index in [4.69, 9.17) is 5.73 Å². The van der Waals surface area contributed by atoms with Crippen LogP contribution in [0.1, 0.15) is 28.3 Å². The van der Waals surface area contributed by atoms with Crippen LogP contribution in [-0.2, 0) is 12.7 Å². The minimum absolute atomic E-state index is 0. The number of halogens is 4. The highest BCUT2D eigenvalue weighted by Gasteiger charge is 2.32. The number of likely N-dealkylation sites (tertiary alicyclic amines) is 1. The number of benzene rings is 1. The Labute approximate surface area is 142 Å². The quantitative estimate of drug-likeness (QED) is 0.890. The number of nitrogens with zero attached hydrogens (tertiary/aromatic N) is 2. The first-order valence-electron chi connectivity index (χ1n) is 7.01. The van der Waals surface area contributed by atoms with Crippen molar-refractivity contribution in [2.24, 2.45) is 0 Å². The molecule has 2 N–H and O–H groups in total. The topological polar surface area (TPSA) is 42.1 Å². The molecule has 3 rings (SSSR count). The first-order valence-corrected chi connectivity index (χ1v) is 7.83. The van der Waals surface area contributed by atoms with Gasteiger partial charge in [0.2, 0.25) is 0 Å². The van der Waals surface area contributed by atoms with Crippen LogP contribution in [0.3, 0.4) is 0 Å². The maximum absolute atomic E-state index is 12.8. The molecule has 0 aliphatic carbocycles. The Hall–Kier alpha value is -1.31. The van der Waals surface area contributed by atoms with Gasteiger partial charge in [-0.2, -0.15) is 13.2 Å². The molecule has 0 radical (unpaired) electrons. The number of thiazole rings is 1. The van der Waals surface area contributed by atoms with Crippen molar-refractivity contribution in [2.45, 2.75) is 25.1 Å². The summed E-state index contributed by atoms with van der Waals surface area (Å²) in [4.78, 5) is 7.34. The standard InChI is InChI=1S/C15H16F3N3S.ClH/c16-15(17,18)12-3-1-2-10(6-12)11-4-5-21(8-11)9-13-7-20-14(19)22-13;/h1-3,6-7,11H,4-5,8-9H2,(H2,19,20);1H. The molecule has 1 aromatic carbocycles. The van der Waals surface area contributed by atoms with Crippen molar-refractivity contribution in [1.29, 1.82) is 0 Å². The van der Waals surface area contributed by atoms with Crippen molar-refractivity contribution >= 4 is 28.9 Å². The molecular weight excluding hydrogens is 347 g/mol. The number of nitrogens with two attached hydrogens (primary N) is 1. The average Bonchev–Trinajstić information content (AvgIpc) is 3.08. The van der Waals surface area contributed by atoms with Crippen molar-refractivity contribution in [3.63, 3.8) is 0 Å². The smallest absolute Gasteiger partial charge is 0.375 e. The maximum atomic E-state index is 12.8. The Morgan fingerprint density at radius 3 is 2.78 bits per heavy atom. The third-order valence-corrected chi connectivity index (χ3v) is 4.72. The van der Waals surface area contributed by atoms with Crippen molar-refractivity contribution in [1.82, 2.24) is 9.88 Å².